The van der Waals surface area contributed by atoms with Crippen molar-refractivity contribution in [3.8, 4) is 0 Å². The summed E-state index contributed by atoms with van der Waals surface area (Å²) in [6, 6.07) is 0. The minimum absolute atomic E-state index is 0.0129. The molecular weight excluding hydrogens is 297 g/mol. The van der Waals surface area contributed by atoms with Crippen molar-refractivity contribution in [2.75, 3.05) is 12.3 Å². The second kappa shape index (κ2) is 4.87. The van der Waals surface area contributed by atoms with Crippen LogP contribution in [-0.4, -0.2) is 54.2 Å². The van der Waals surface area contributed by atoms with Gasteiger partial charge in [-0.15, -0.1) is 6.58 Å². The first-order valence-electron chi connectivity index (χ1n) is 6.40. The van der Waals surface area contributed by atoms with Crippen molar-refractivity contribution in [1.29, 1.82) is 0 Å². The summed E-state index contributed by atoms with van der Waals surface area (Å²) in [5.41, 5.74) is 3.22. The molecule has 3 rings (SSSR count). The Morgan fingerprint density at radius 1 is 1.68 bits per heavy atom. The Bertz CT molecular complexity index is 789. The molecule has 0 bridgehead atoms. The van der Waals surface area contributed by atoms with Crippen molar-refractivity contribution in [3.05, 3.63) is 29.3 Å². The van der Waals surface area contributed by atoms with E-state index in [0.717, 1.165) is 17.0 Å². The Morgan fingerprint density at radius 2 is 2.41 bits per heavy atom. The van der Waals surface area contributed by atoms with Crippen LogP contribution in [0.2, 0.25) is 0 Å². The number of nitrogens with two attached hydrogens (primary N) is 1. The highest BCUT2D eigenvalue weighted by atomic mass is 19.1. The van der Waals surface area contributed by atoms with E-state index in [1.807, 2.05) is 0 Å². The molecule has 22 heavy (non-hydrogen) atoms. The molecule has 0 aromatic carbocycles. The Hall–Kier alpha value is -2.30. The first kappa shape index (κ1) is 14.6. The lowest BCUT2D eigenvalue weighted by molar-refractivity contribution is -0.0960. The fourth-order valence-corrected chi connectivity index (χ4v) is 2.49. The van der Waals surface area contributed by atoms with Gasteiger partial charge in [-0.05, 0) is 0 Å². The van der Waals surface area contributed by atoms with E-state index >= 15 is 0 Å². The van der Waals surface area contributed by atoms with E-state index in [1.54, 1.807) is 0 Å². The maximum Gasteiger partial charge on any atom is 0.280 e. The summed E-state index contributed by atoms with van der Waals surface area (Å²) in [5, 5.41) is 19.4. The Kier molecular flexibility index (Phi) is 3.24. The molecule has 0 radical (unpaired) electrons. The second-order valence-corrected chi connectivity index (χ2v) is 4.99. The number of anilines is 1. The summed E-state index contributed by atoms with van der Waals surface area (Å²) in [4.78, 5) is 21.7. The van der Waals surface area contributed by atoms with Gasteiger partial charge in [-0.2, -0.15) is 4.98 Å². The zero-order chi connectivity index (χ0) is 16.1. The second-order valence-electron chi connectivity index (χ2n) is 4.99. The third kappa shape index (κ3) is 1.85. The van der Waals surface area contributed by atoms with Crippen LogP contribution in [-0.2, 0) is 4.74 Å². The average molecular weight is 311 g/mol. The summed E-state index contributed by atoms with van der Waals surface area (Å²) in [5.74, 6) is -0.162. The molecule has 3 heterocycles. The van der Waals surface area contributed by atoms with Gasteiger partial charge in [-0.1, -0.05) is 6.08 Å². The highest BCUT2D eigenvalue weighted by molar-refractivity contribution is 5.70. The largest absolute Gasteiger partial charge is 0.393 e. The molecule has 4 atom stereocenters. The predicted octanol–water partition coefficient (Wildman–Crippen LogP) is -1.15. The molecule has 2 aromatic heterocycles. The predicted molar refractivity (Wildman–Crippen MR) is 73.6 cm³/mol. The Morgan fingerprint density at radius 3 is 3.00 bits per heavy atom. The summed E-state index contributed by atoms with van der Waals surface area (Å²) in [6.45, 7) is 2.79. The van der Waals surface area contributed by atoms with Gasteiger partial charge in [0.2, 0.25) is 5.95 Å². The molecule has 1 saturated heterocycles. The van der Waals surface area contributed by atoms with E-state index in [4.69, 9.17) is 10.5 Å². The van der Waals surface area contributed by atoms with E-state index in [1.165, 1.54) is 0 Å². The molecule has 1 aliphatic heterocycles. The molecule has 0 amide bonds. The SMILES string of the molecule is C=C[C@]1(CO)O[C@@H](n2cnc3c(=O)[nH]c(N)nc32)C(F)C1O. The van der Waals surface area contributed by atoms with Crippen LogP contribution in [0.15, 0.2) is 23.8 Å². The van der Waals surface area contributed by atoms with E-state index in [-0.39, 0.29) is 17.1 Å². The van der Waals surface area contributed by atoms with Crippen LogP contribution in [0.25, 0.3) is 11.2 Å². The molecule has 1 fully saturated rings. The lowest BCUT2D eigenvalue weighted by Crippen LogP contribution is -2.43. The van der Waals surface area contributed by atoms with Crippen LogP contribution in [0.4, 0.5) is 10.3 Å². The third-order valence-electron chi connectivity index (χ3n) is 3.73. The van der Waals surface area contributed by atoms with Gasteiger partial charge in [0.25, 0.3) is 5.56 Å². The van der Waals surface area contributed by atoms with Crippen molar-refractivity contribution in [1.82, 2.24) is 19.5 Å². The monoisotopic (exact) mass is 311 g/mol. The lowest BCUT2D eigenvalue weighted by Gasteiger charge is -2.25. The van der Waals surface area contributed by atoms with Gasteiger partial charge in [-0.25, -0.2) is 9.37 Å². The smallest absolute Gasteiger partial charge is 0.280 e. The van der Waals surface area contributed by atoms with Crippen LogP contribution in [0.5, 0.6) is 0 Å². The lowest BCUT2D eigenvalue weighted by atomic mass is 9.97. The number of fused-ring (bicyclic) bond motifs is 1. The van der Waals surface area contributed by atoms with Crippen LogP contribution in [0.3, 0.4) is 0 Å². The topological polar surface area (TPSA) is 139 Å². The van der Waals surface area contributed by atoms with Gasteiger partial charge in [-0.3, -0.25) is 14.3 Å². The molecule has 1 aliphatic rings. The number of aromatic nitrogens is 4. The van der Waals surface area contributed by atoms with Crippen LogP contribution < -0.4 is 11.3 Å². The van der Waals surface area contributed by atoms with Gasteiger partial charge in [0.05, 0.1) is 12.9 Å². The molecule has 10 heteroatoms. The van der Waals surface area contributed by atoms with Crippen molar-refractivity contribution in [2.24, 2.45) is 0 Å². The zero-order valence-corrected chi connectivity index (χ0v) is 11.3. The number of aromatic amines is 1. The van der Waals surface area contributed by atoms with Crippen LogP contribution >= 0.6 is 0 Å². The van der Waals surface area contributed by atoms with Gasteiger partial charge >= 0.3 is 0 Å². The van der Waals surface area contributed by atoms with Crippen molar-refractivity contribution < 1.29 is 19.3 Å². The van der Waals surface area contributed by atoms with Gasteiger partial charge in [0, 0.05) is 0 Å². The number of nitrogens with zero attached hydrogens (tertiary/aromatic N) is 3. The molecule has 0 saturated carbocycles. The molecule has 2 unspecified atom stereocenters. The molecule has 9 nitrogen and oxygen atoms in total. The number of H-pyrrole nitrogens is 1. The first-order chi connectivity index (χ1) is 10.4. The normalized spacial score (nSPS) is 31.7. The summed E-state index contributed by atoms with van der Waals surface area (Å²) >= 11 is 0. The first-order valence-corrected chi connectivity index (χ1v) is 6.40. The highest BCUT2D eigenvalue weighted by Crippen LogP contribution is 2.40. The summed E-state index contributed by atoms with van der Waals surface area (Å²) < 4.78 is 21.0. The van der Waals surface area contributed by atoms with E-state index in [9.17, 15) is 19.4 Å². The number of ether oxygens (including phenoxy) is 1. The molecular formula is C12H14FN5O4. The zero-order valence-electron chi connectivity index (χ0n) is 11.3. The van der Waals surface area contributed by atoms with E-state index in [0.29, 0.717) is 0 Å². The maximum absolute atomic E-state index is 14.4. The van der Waals surface area contributed by atoms with Gasteiger partial charge < -0.3 is 20.7 Å². The number of nitrogen functional groups attached to an aromatic ring is 1. The third-order valence-corrected chi connectivity index (χ3v) is 3.73. The highest BCUT2D eigenvalue weighted by Gasteiger charge is 2.54. The van der Waals surface area contributed by atoms with E-state index in [2.05, 4.69) is 21.5 Å². The minimum Gasteiger partial charge on any atom is -0.393 e. The van der Waals surface area contributed by atoms with Crippen LogP contribution in [0, 0.1) is 0 Å². The number of nitrogens with one attached hydrogen (secondary N) is 1. The molecule has 2 aromatic rings. The molecule has 0 spiro atoms. The number of hydrogen-bond acceptors (Lipinski definition) is 7. The minimum atomic E-state index is -1.88. The van der Waals surface area contributed by atoms with Gasteiger partial charge in [0.1, 0.15) is 11.7 Å². The number of halogens is 1. The Labute approximate surface area is 122 Å². The standard InChI is InChI=1S/C12H14FN5O4/c1-2-12(3-19)7(20)5(13)10(22-12)18-4-15-6-8(18)16-11(14)17-9(6)21/h2,4-5,7,10,19-20H,1,3H2,(H3,14,16,17,21)/t5?,7?,10-,12-/m1/s1. The maximum atomic E-state index is 14.4. The quantitative estimate of drug-likeness (QED) is 0.525. The Balaban J connectivity index is 2.13. The number of hydrogen-bond donors (Lipinski definition) is 4. The van der Waals surface area contributed by atoms with Crippen LogP contribution in [0.1, 0.15) is 6.23 Å². The number of imidazole rings is 1. The number of rotatable bonds is 3. The fourth-order valence-electron chi connectivity index (χ4n) is 2.49. The number of aliphatic hydroxyl groups excluding tert-OH is 2. The molecule has 118 valence electrons. The van der Waals surface area contributed by atoms with Crippen molar-refractivity contribution in [2.45, 2.75) is 24.1 Å². The molecule has 5 N–H and O–H groups in total. The van der Waals surface area contributed by atoms with Gasteiger partial charge in [0.15, 0.2) is 23.6 Å². The number of alkyl halides is 1. The summed E-state index contributed by atoms with van der Waals surface area (Å²) in [6.07, 6.45) is -2.55. The number of aliphatic hydroxyl groups is 2. The fraction of sp³-hybridized carbons (Fsp3) is 0.417. The van der Waals surface area contributed by atoms with E-state index < -0.39 is 36.3 Å². The van der Waals surface area contributed by atoms with Crippen molar-refractivity contribution >= 4 is 17.1 Å². The average Bonchev–Trinajstić information content (AvgIpc) is 3.01. The summed E-state index contributed by atoms with van der Waals surface area (Å²) in [7, 11) is 0. The van der Waals surface area contributed by atoms with Crippen molar-refractivity contribution in [3.63, 3.8) is 0 Å². The molecule has 0 aliphatic carbocycles.